The first-order valence-corrected chi connectivity index (χ1v) is 14.8. The fraction of sp³-hybridized carbons (Fsp3) is 0.414. The molecule has 12 heteroatoms. The summed E-state index contributed by atoms with van der Waals surface area (Å²) >= 11 is 1.52. The van der Waals surface area contributed by atoms with Crippen LogP contribution in [0.25, 0.3) is 27.5 Å². The Morgan fingerprint density at radius 3 is 2.63 bits per heavy atom. The van der Waals surface area contributed by atoms with Crippen LogP contribution in [0.1, 0.15) is 38.2 Å². The van der Waals surface area contributed by atoms with E-state index < -0.39 is 6.04 Å². The van der Waals surface area contributed by atoms with Crippen LogP contribution < -0.4 is 15.5 Å². The molecule has 7 rings (SSSR count). The Hall–Kier alpha value is -4.55. The third-order valence-corrected chi connectivity index (χ3v) is 9.38. The molecule has 2 aliphatic carbocycles. The second kappa shape index (κ2) is 10.1. The zero-order valence-electron chi connectivity index (χ0n) is 22.5. The average Bonchev–Trinajstić information content (AvgIpc) is 3.51. The third kappa shape index (κ3) is 4.74. The van der Waals surface area contributed by atoms with E-state index in [0.29, 0.717) is 23.1 Å². The highest BCUT2D eigenvalue weighted by atomic mass is 32.1. The molecule has 2 bridgehead atoms. The molecule has 3 aliphatic rings. The highest BCUT2D eigenvalue weighted by molar-refractivity contribution is 7.18. The number of carbonyl (C=O) groups is 1. The van der Waals surface area contributed by atoms with Crippen molar-refractivity contribution in [1.29, 1.82) is 10.5 Å². The van der Waals surface area contributed by atoms with E-state index in [1.807, 2.05) is 18.2 Å². The van der Waals surface area contributed by atoms with Crippen LogP contribution in [0.3, 0.4) is 0 Å². The van der Waals surface area contributed by atoms with E-state index in [9.17, 15) is 15.3 Å². The molecule has 0 radical (unpaired) electrons. The summed E-state index contributed by atoms with van der Waals surface area (Å²) in [5.74, 6) is 1.31. The van der Waals surface area contributed by atoms with Gasteiger partial charge in [0.15, 0.2) is 5.01 Å². The van der Waals surface area contributed by atoms with Crippen LogP contribution in [-0.4, -0.2) is 55.9 Å². The molecule has 3 atom stereocenters. The van der Waals surface area contributed by atoms with Gasteiger partial charge in [-0.3, -0.25) is 9.78 Å². The van der Waals surface area contributed by atoms with Gasteiger partial charge >= 0.3 is 0 Å². The molecular formula is C29H28N10OS. The van der Waals surface area contributed by atoms with Crippen LogP contribution >= 0.6 is 11.3 Å². The molecule has 3 fully saturated rings. The summed E-state index contributed by atoms with van der Waals surface area (Å²) in [6.07, 6.45) is 7.58. The van der Waals surface area contributed by atoms with E-state index in [-0.39, 0.29) is 17.9 Å². The molecule has 5 heterocycles. The Morgan fingerprint density at radius 2 is 1.90 bits per heavy atom. The highest BCUT2D eigenvalue weighted by Crippen LogP contribution is 2.42. The molecule has 1 aliphatic heterocycles. The second-order valence-corrected chi connectivity index (χ2v) is 12.2. The van der Waals surface area contributed by atoms with Gasteiger partial charge in [-0.2, -0.15) is 15.6 Å². The minimum atomic E-state index is -0.433. The van der Waals surface area contributed by atoms with Crippen molar-refractivity contribution < 1.29 is 4.79 Å². The van der Waals surface area contributed by atoms with Crippen LogP contribution in [0, 0.1) is 40.4 Å². The quantitative estimate of drug-likeness (QED) is 0.341. The number of aromatic nitrogens is 5. The van der Waals surface area contributed by atoms with Crippen molar-refractivity contribution in [3.8, 4) is 34.1 Å². The minimum absolute atomic E-state index is 0.230. The number of nitriles is 2. The summed E-state index contributed by atoms with van der Waals surface area (Å²) in [4.78, 5) is 19.5. The lowest BCUT2D eigenvalue weighted by molar-refractivity contribution is -0.123. The van der Waals surface area contributed by atoms with Crippen molar-refractivity contribution in [2.45, 2.75) is 44.7 Å². The van der Waals surface area contributed by atoms with E-state index in [4.69, 9.17) is 4.98 Å². The lowest BCUT2D eigenvalue weighted by Gasteiger charge is -2.38. The Bertz CT molecular complexity index is 1710. The van der Waals surface area contributed by atoms with Crippen molar-refractivity contribution in [3.63, 3.8) is 0 Å². The molecule has 4 aromatic rings. The van der Waals surface area contributed by atoms with Crippen molar-refractivity contribution in [3.05, 3.63) is 42.2 Å². The lowest BCUT2D eigenvalue weighted by Crippen LogP contribution is -2.53. The number of carbonyl (C=O) groups excluding carboxylic acids is 1. The predicted molar refractivity (Wildman–Crippen MR) is 154 cm³/mol. The van der Waals surface area contributed by atoms with Gasteiger partial charge in [-0.05, 0) is 68.7 Å². The Kier molecular flexibility index (Phi) is 6.28. The Labute approximate surface area is 240 Å². The van der Waals surface area contributed by atoms with Crippen LogP contribution in [0.4, 0.5) is 10.8 Å². The lowest BCUT2D eigenvalue weighted by atomic mass is 9.92. The Morgan fingerprint density at radius 1 is 1.10 bits per heavy atom. The maximum atomic E-state index is 12.4. The number of nitrogens with one attached hydrogen (secondary N) is 2. The number of anilines is 2. The van der Waals surface area contributed by atoms with Gasteiger partial charge in [0.1, 0.15) is 12.1 Å². The zero-order chi connectivity index (χ0) is 28.1. The van der Waals surface area contributed by atoms with E-state index in [1.165, 1.54) is 17.5 Å². The number of hydrogen-bond acceptors (Lipinski definition) is 10. The van der Waals surface area contributed by atoms with Crippen LogP contribution in [0.15, 0.2) is 36.7 Å². The van der Waals surface area contributed by atoms with E-state index in [1.54, 1.807) is 23.7 Å². The number of nitrogens with zero attached hydrogens (tertiary/aromatic N) is 8. The molecule has 0 aromatic carbocycles. The normalized spacial score (nSPS) is 22.2. The molecule has 2 saturated carbocycles. The number of amides is 1. The summed E-state index contributed by atoms with van der Waals surface area (Å²) in [5, 5.41) is 40.4. The van der Waals surface area contributed by atoms with Crippen molar-refractivity contribution in [2.75, 3.05) is 23.3 Å². The molecular weight excluding hydrogens is 536 g/mol. The Balaban J connectivity index is 1.15. The standard InChI is InChI=1S/C29H28N10OS/c1-16(10-30)34-23-9-24(25-7-6-21-8-17(11-31)12-33-39(21)25)32-13-22(23)28-36-37-29(41-28)38-14-19-4-5-20(15-38)26(19)35-27(40)18-2-3-18/h6-9,12-13,16,18-20,26H,2-5,14-15H2,1H3,(H,32,34)(H,35,40)/t16-,19?,20?,26?/m1/s1. The van der Waals surface area contributed by atoms with Crippen molar-refractivity contribution in [2.24, 2.45) is 17.8 Å². The van der Waals surface area contributed by atoms with Crippen LogP contribution in [0.2, 0.25) is 0 Å². The fourth-order valence-electron chi connectivity index (χ4n) is 6.10. The molecule has 0 spiro atoms. The maximum absolute atomic E-state index is 12.4. The molecule has 41 heavy (non-hydrogen) atoms. The number of piperidine rings is 1. The number of fused-ring (bicyclic) bond motifs is 3. The first-order chi connectivity index (χ1) is 20.0. The van der Waals surface area contributed by atoms with E-state index >= 15 is 0 Å². The summed E-state index contributed by atoms with van der Waals surface area (Å²) < 4.78 is 1.74. The van der Waals surface area contributed by atoms with Gasteiger partial charge in [-0.25, -0.2) is 4.52 Å². The molecule has 1 saturated heterocycles. The summed E-state index contributed by atoms with van der Waals surface area (Å²) in [7, 11) is 0. The SMILES string of the molecule is C[C@H](C#N)Nc1cc(-c2ccc3cc(C#N)cnn23)ncc1-c1nnc(N2CC3CCC(C2)C3NC(=O)C2CC2)s1. The molecule has 2 unspecified atom stereocenters. The van der Waals surface area contributed by atoms with Gasteiger partial charge in [0.05, 0.1) is 40.3 Å². The average molecular weight is 565 g/mol. The maximum Gasteiger partial charge on any atom is 0.223 e. The highest BCUT2D eigenvalue weighted by Gasteiger charge is 2.45. The predicted octanol–water partition coefficient (Wildman–Crippen LogP) is 3.85. The molecule has 206 valence electrons. The first kappa shape index (κ1) is 25.4. The molecule has 4 aromatic heterocycles. The van der Waals surface area contributed by atoms with Gasteiger partial charge in [0, 0.05) is 36.9 Å². The zero-order valence-corrected chi connectivity index (χ0v) is 23.3. The first-order valence-electron chi connectivity index (χ1n) is 13.9. The van der Waals surface area contributed by atoms with Crippen molar-refractivity contribution in [1.82, 2.24) is 30.1 Å². The minimum Gasteiger partial charge on any atom is -0.369 e. The second-order valence-electron chi connectivity index (χ2n) is 11.2. The fourth-order valence-corrected chi connectivity index (χ4v) is 6.99. The van der Waals surface area contributed by atoms with Gasteiger partial charge < -0.3 is 15.5 Å². The number of rotatable bonds is 7. The largest absolute Gasteiger partial charge is 0.369 e. The van der Waals surface area contributed by atoms with Crippen LogP contribution in [-0.2, 0) is 4.79 Å². The van der Waals surface area contributed by atoms with E-state index in [0.717, 1.165) is 71.4 Å². The smallest absolute Gasteiger partial charge is 0.223 e. The van der Waals surface area contributed by atoms with Crippen LogP contribution in [0.5, 0.6) is 0 Å². The van der Waals surface area contributed by atoms with Gasteiger partial charge in [-0.1, -0.05) is 11.3 Å². The molecule has 1 amide bonds. The van der Waals surface area contributed by atoms with Gasteiger partial charge in [0.25, 0.3) is 0 Å². The van der Waals surface area contributed by atoms with Gasteiger partial charge in [0.2, 0.25) is 11.0 Å². The number of pyridine rings is 1. The number of hydrogen-bond donors (Lipinski definition) is 2. The summed E-state index contributed by atoms with van der Waals surface area (Å²) in [6.45, 7) is 3.52. The molecule has 2 N–H and O–H groups in total. The van der Waals surface area contributed by atoms with E-state index in [2.05, 4.69) is 43.0 Å². The third-order valence-electron chi connectivity index (χ3n) is 8.37. The summed E-state index contributed by atoms with van der Waals surface area (Å²) in [5.41, 5.74) is 4.24. The molecule has 11 nitrogen and oxygen atoms in total. The van der Waals surface area contributed by atoms with Gasteiger partial charge in [-0.15, -0.1) is 10.2 Å². The van der Waals surface area contributed by atoms with Crippen molar-refractivity contribution >= 4 is 33.6 Å². The summed E-state index contributed by atoms with van der Waals surface area (Å²) in [6, 6.07) is 11.7. The topological polar surface area (TPSA) is 148 Å². The monoisotopic (exact) mass is 564 g/mol.